The quantitative estimate of drug-likeness (QED) is 0.737. The molecule has 0 bridgehead atoms. The summed E-state index contributed by atoms with van der Waals surface area (Å²) in [6, 6.07) is 23.6. The van der Waals surface area contributed by atoms with Gasteiger partial charge in [-0.3, -0.25) is 0 Å². The Hall–Kier alpha value is -2.12. The van der Waals surface area contributed by atoms with Crippen molar-refractivity contribution in [3.8, 4) is 0 Å². The van der Waals surface area contributed by atoms with Crippen molar-refractivity contribution >= 4 is 10.8 Å². The minimum atomic E-state index is 0.0438. The summed E-state index contributed by atoms with van der Waals surface area (Å²) in [5.74, 6) is 0. The molecule has 0 saturated heterocycles. The van der Waals surface area contributed by atoms with E-state index in [2.05, 4.69) is 73.7 Å². The van der Waals surface area contributed by atoms with Crippen molar-refractivity contribution in [2.24, 2.45) is 5.73 Å². The van der Waals surface area contributed by atoms with Gasteiger partial charge in [0, 0.05) is 6.04 Å². The number of fused-ring (bicyclic) bond motifs is 1. The zero-order chi connectivity index (χ0) is 14.7. The molecule has 1 nitrogen and oxygen atoms in total. The summed E-state index contributed by atoms with van der Waals surface area (Å²) in [6.07, 6.45) is 1.92. The lowest BCUT2D eigenvalue weighted by Crippen LogP contribution is -2.13. The molecule has 0 radical (unpaired) electrons. The molecular formula is C20H21N. The second kappa shape index (κ2) is 6.11. The second-order valence-electron chi connectivity index (χ2n) is 5.55. The first kappa shape index (κ1) is 13.8. The molecule has 0 heterocycles. The SMILES string of the molecule is CCc1cccc(C(N)Cc2cccc3ccccc23)c1. The minimum absolute atomic E-state index is 0.0438. The lowest BCUT2D eigenvalue weighted by atomic mass is 9.94. The lowest BCUT2D eigenvalue weighted by molar-refractivity contribution is 0.724. The van der Waals surface area contributed by atoms with Crippen LogP contribution in [0.1, 0.15) is 29.7 Å². The predicted octanol–water partition coefficient (Wildman–Crippen LogP) is 4.64. The van der Waals surface area contributed by atoms with Crippen LogP contribution in [0, 0.1) is 0 Å². The van der Waals surface area contributed by atoms with Gasteiger partial charge in [0.2, 0.25) is 0 Å². The first-order chi connectivity index (χ1) is 10.3. The average molecular weight is 275 g/mol. The van der Waals surface area contributed by atoms with Crippen molar-refractivity contribution in [2.75, 3.05) is 0 Å². The van der Waals surface area contributed by atoms with Crippen molar-refractivity contribution < 1.29 is 0 Å². The third-order valence-corrected chi connectivity index (χ3v) is 4.11. The Morgan fingerprint density at radius 1 is 0.905 bits per heavy atom. The summed E-state index contributed by atoms with van der Waals surface area (Å²) < 4.78 is 0. The fourth-order valence-electron chi connectivity index (χ4n) is 2.87. The van der Waals surface area contributed by atoms with Crippen molar-refractivity contribution in [3.05, 3.63) is 83.4 Å². The summed E-state index contributed by atoms with van der Waals surface area (Å²) in [7, 11) is 0. The van der Waals surface area contributed by atoms with Crippen LogP contribution < -0.4 is 5.73 Å². The fraction of sp³-hybridized carbons (Fsp3) is 0.200. The third kappa shape index (κ3) is 2.98. The maximum atomic E-state index is 6.44. The van der Waals surface area contributed by atoms with Gasteiger partial charge < -0.3 is 5.73 Å². The Balaban J connectivity index is 1.90. The first-order valence-electron chi connectivity index (χ1n) is 7.59. The van der Waals surface area contributed by atoms with E-state index in [0.717, 1.165) is 12.8 Å². The summed E-state index contributed by atoms with van der Waals surface area (Å²) in [6.45, 7) is 2.18. The maximum absolute atomic E-state index is 6.44. The third-order valence-electron chi connectivity index (χ3n) is 4.11. The zero-order valence-electron chi connectivity index (χ0n) is 12.4. The van der Waals surface area contributed by atoms with Gasteiger partial charge in [-0.1, -0.05) is 73.7 Å². The van der Waals surface area contributed by atoms with Crippen LogP contribution in [0.25, 0.3) is 10.8 Å². The molecule has 2 N–H and O–H groups in total. The van der Waals surface area contributed by atoms with Gasteiger partial charge in [-0.25, -0.2) is 0 Å². The number of rotatable bonds is 4. The Bertz CT molecular complexity index is 740. The topological polar surface area (TPSA) is 26.0 Å². The Morgan fingerprint density at radius 3 is 2.52 bits per heavy atom. The molecule has 1 heteroatoms. The number of benzene rings is 3. The molecule has 3 aromatic rings. The van der Waals surface area contributed by atoms with Crippen LogP contribution in [-0.4, -0.2) is 0 Å². The van der Waals surface area contributed by atoms with Crippen LogP contribution >= 0.6 is 0 Å². The summed E-state index contributed by atoms with van der Waals surface area (Å²) in [4.78, 5) is 0. The maximum Gasteiger partial charge on any atom is 0.0336 e. The van der Waals surface area contributed by atoms with E-state index in [9.17, 15) is 0 Å². The normalized spacial score (nSPS) is 12.5. The van der Waals surface area contributed by atoms with E-state index >= 15 is 0 Å². The van der Waals surface area contributed by atoms with Crippen molar-refractivity contribution in [1.29, 1.82) is 0 Å². The van der Waals surface area contributed by atoms with Crippen molar-refractivity contribution in [2.45, 2.75) is 25.8 Å². The molecular weight excluding hydrogens is 254 g/mol. The van der Waals surface area contributed by atoms with Gasteiger partial charge in [-0.05, 0) is 40.3 Å². The summed E-state index contributed by atoms with van der Waals surface area (Å²) in [5.41, 5.74) is 10.3. The highest BCUT2D eigenvalue weighted by atomic mass is 14.6. The second-order valence-corrected chi connectivity index (χ2v) is 5.55. The molecule has 0 aliphatic rings. The van der Waals surface area contributed by atoms with E-state index in [1.807, 2.05) is 0 Å². The van der Waals surface area contributed by atoms with Gasteiger partial charge in [0.1, 0.15) is 0 Å². The molecule has 0 saturated carbocycles. The van der Waals surface area contributed by atoms with Crippen molar-refractivity contribution in [3.63, 3.8) is 0 Å². The van der Waals surface area contributed by atoms with Crippen LogP contribution in [-0.2, 0) is 12.8 Å². The van der Waals surface area contributed by atoms with Gasteiger partial charge >= 0.3 is 0 Å². The number of nitrogens with two attached hydrogens (primary N) is 1. The average Bonchev–Trinajstić information content (AvgIpc) is 2.55. The number of aryl methyl sites for hydroxylation is 1. The van der Waals surface area contributed by atoms with Crippen LogP contribution in [0.15, 0.2) is 66.7 Å². The van der Waals surface area contributed by atoms with E-state index in [-0.39, 0.29) is 6.04 Å². The zero-order valence-corrected chi connectivity index (χ0v) is 12.4. The van der Waals surface area contributed by atoms with Gasteiger partial charge in [-0.15, -0.1) is 0 Å². The molecule has 0 amide bonds. The highest BCUT2D eigenvalue weighted by Crippen LogP contribution is 2.24. The molecule has 0 aliphatic carbocycles. The van der Waals surface area contributed by atoms with Gasteiger partial charge in [0.15, 0.2) is 0 Å². The standard InChI is InChI=1S/C20H21N/c1-2-15-7-5-11-18(13-15)20(21)14-17-10-6-9-16-8-3-4-12-19(16)17/h3-13,20H,2,14,21H2,1H3. The molecule has 1 atom stereocenters. The van der Waals surface area contributed by atoms with Crippen LogP contribution in [0.5, 0.6) is 0 Å². The van der Waals surface area contributed by atoms with Crippen molar-refractivity contribution in [1.82, 2.24) is 0 Å². The predicted molar refractivity (Wildman–Crippen MR) is 90.4 cm³/mol. The molecule has 3 rings (SSSR count). The lowest BCUT2D eigenvalue weighted by Gasteiger charge is -2.15. The first-order valence-corrected chi connectivity index (χ1v) is 7.59. The van der Waals surface area contributed by atoms with E-state index in [1.165, 1.54) is 27.5 Å². The minimum Gasteiger partial charge on any atom is -0.324 e. The monoisotopic (exact) mass is 275 g/mol. The molecule has 0 spiro atoms. The molecule has 3 aromatic carbocycles. The molecule has 0 aliphatic heterocycles. The Kier molecular flexibility index (Phi) is 4.03. The molecule has 106 valence electrons. The highest BCUT2D eigenvalue weighted by molar-refractivity contribution is 5.85. The van der Waals surface area contributed by atoms with E-state index in [1.54, 1.807) is 0 Å². The van der Waals surface area contributed by atoms with Gasteiger partial charge in [0.05, 0.1) is 0 Å². The highest BCUT2D eigenvalue weighted by Gasteiger charge is 2.09. The molecule has 1 unspecified atom stereocenters. The van der Waals surface area contributed by atoms with Crippen LogP contribution in [0.2, 0.25) is 0 Å². The summed E-state index contributed by atoms with van der Waals surface area (Å²) in [5, 5.41) is 2.59. The number of hydrogen-bond acceptors (Lipinski definition) is 1. The van der Waals surface area contributed by atoms with Crippen LogP contribution in [0.4, 0.5) is 0 Å². The van der Waals surface area contributed by atoms with Gasteiger partial charge in [-0.2, -0.15) is 0 Å². The largest absolute Gasteiger partial charge is 0.324 e. The van der Waals surface area contributed by atoms with Crippen LogP contribution in [0.3, 0.4) is 0 Å². The van der Waals surface area contributed by atoms with E-state index in [0.29, 0.717) is 0 Å². The molecule has 0 aromatic heterocycles. The van der Waals surface area contributed by atoms with E-state index < -0.39 is 0 Å². The van der Waals surface area contributed by atoms with E-state index in [4.69, 9.17) is 5.73 Å². The fourth-order valence-corrected chi connectivity index (χ4v) is 2.87. The molecule has 0 fully saturated rings. The smallest absolute Gasteiger partial charge is 0.0336 e. The summed E-state index contributed by atoms with van der Waals surface area (Å²) >= 11 is 0. The molecule has 21 heavy (non-hydrogen) atoms. The Morgan fingerprint density at radius 2 is 1.67 bits per heavy atom. The number of hydrogen-bond donors (Lipinski definition) is 1. The Labute approximate surface area is 126 Å². The van der Waals surface area contributed by atoms with Gasteiger partial charge in [0.25, 0.3) is 0 Å².